The first-order chi connectivity index (χ1) is 11.6. The summed E-state index contributed by atoms with van der Waals surface area (Å²) >= 11 is 0. The topological polar surface area (TPSA) is 107 Å². The number of nitrogens with zero attached hydrogens (tertiary/aromatic N) is 3. The molecule has 0 saturated carbocycles. The van der Waals surface area contributed by atoms with E-state index in [0.29, 0.717) is 5.71 Å². The molecule has 24 heavy (non-hydrogen) atoms. The molecule has 0 aliphatic heterocycles. The first-order valence-corrected chi connectivity index (χ1v) is 7.23. The van der Waals surface area contributed by atoms with Crippen molar-refractivity contribution in [2.45, 2.75) is 13.3 Å². The molecule has 1 N–H and O–H groups in total. The molecule has 0 bridgehead atoms. The van der Waals surface area contributed by atoms with Gasteiger partial charge in [-0.25, -0.2) is 0 Å². The number of aromatic nitrogens is 1. The fraction of sp³-hybridized carbons (Fsp3) is 0.188. The van der Waals surface area contributed by atoms with Crippen molar-refractivity contribution in [2.75, 3.05) is 12.0 Å². The van der Waals surface area contributed by atoms with Gasteiger partial charge in [0.15, 0.2) is 0 Å². The Labute approximate surface area is 138 Å². The second kappa shape index (κ2) is 8.37. The Balaban J connectivity index is 2.28. The van der Waals surface area contributed by atoms with E-state index in [-0.39, 0.29) is 24.4 Å². The first-order valence-electron chi connectivity index (χ1n) is 7.23. The summed E-state index contributed by atoms with van der Waals surface area (Å²) in [5, 5.41) is 15.2. The summed E-state index contributed by atoms with van der Waals surface area (Å²) in [6.07, 6.45) is 2.49. The zero-order chi connectivity index (χ0) is 17.4. The lowest BCUT2D eigenvalue weighted by molar-refractivity contribution is -0.384. The van der Waals surface area contributed by atoms with E-state index in [0.717, 1.165) is 11.8 Å². The van der Waals surface area contributed by atoms with Crippen LogP contribution in [0, 0.1) is 10.1 Å². The predicted molar refractivity (Wildman–Crippen MR) is 88.7 cm³/mol. The number of esters is 1. The van der Waals surface area contributed by atoms with Gasteiger partial charge in [-0.1, -0.05) is 30.3 Å². The fourth-order valence-corrected chi connectivity index (χ4v) is 1.94. The summed E-state index contributed by atoms with van der Waals surface area (Å²) < 4.78 is 4.94. The third-order valence-corrected chi connectivity index (χ3v) is 3.03. The maximum Gasteiger partial charge on any atom is 0.312 e. The Hall–Kier alpha value is -3.29. The van der Waals surface area contributed by atoms with E-state index >= 15 is 0 Å². The number of benzene rings is 1. The van der Waals surface area contributed by atoms with Gasteiger partial charge in [-0.15, -0.1) is 0 Å². The summed E-state index contributed by atoms with van der Waals surface area (Å²) in [4.78, 5) is 25.9. The number of ether oxygens (including phenoxy) is 1. The number of nitrogens with one attached hydrogen (secondary N) is 1. The Bertz CT molecular complexity index is 747. The van der Waals surface area contributed by atoms with Gasteiger partial charge in [0.05, 0.1) is 23.7 Å². The monoisotopic (exact) mass is 328 g/mol. The standard InChI is InChI=1S/C16H16N4O4/c1-2-24-16(21)10-14(12-6-4-3-5-7-12)19-18-13-8-9-17-11-15(13)20(22)23/h3-9,11H,2,10H2,1H3,(H,17,18)/b19-14+. The molecular formula is C16H16N4O4. The highest BCUT2D eigenvalue weighted by molar-refractivity contribution is 6.09. The van der Waals surface area contributed by atoms with E-state index in [1.165, 1.54) is 12.3 Å². The summed E-state index contributed by atoms with van der Waals surface area (Å²) in [5.41, 5.74) is 3.76. The summed E-state index contributed by atoms with van der Waals surface area (Å²) in [6.45, 7) is 1.99. The maximum absolute atomic E-state index is 11.8. The molecule has 0 spiro atoms. The average molecular weight is 328 g/mol. The van der Waals surface area contributed by atoms with Gasteiger partial charge >= 0.3 is 11.7 Å². The van der Waals surface area contributed by atoms with E-state index in [4.69, 9.17) is 4.74 Å². The number of hydrogen-bond acceptors (Lipinski definition) is 7. The molecule has 0 radical (unpaired) electrons. The molecule has 0 unspecified atom stereocenters. The van der Waals surface area contributed by atoms with Crippen LogP contribution in [0.15, 0.2) is 53.9 Å². The van der Waals surface area contributed by atoms with Crippen LogP contribution in [0.3, 0.4) is 0 Å². The van der Waals surface area contributed by atoms with Crippen molar-refractivity contribution in [2.24, 2.45) is 5.10 Å². The quantitative estimate of drug-likeness (QED) is 0.362. The molecule has 8 heteroatoms. The highest BCUT2D eigenvalue weighted by Crippen LogP contribution is 2.22. The van der Waals surface area contributed by atoms with Gasteiger partial charge in [0.2, 0.25) is 0 Å². The van der Waals surface area contributed by atoms with Crippen LogP contribution in [0.25, 0.3) is 0 Å². The normalized spacial score (nSPS) is 11.0. The number of anilines is 1. The van der Waals surface area contributed by atoms with Gasteiger partial charge < -0.3 is 4.74 Å². The van der Waals surface area contributed by atoms with Crippen LogP contribution in [0.5, 0.6) is 0 Å². The van der Waals surface area contributed by atoms with E-state index < -0.39 is 10.9 Å². The number of carbonyl (C=O) groups is 1. The molecule has 0 fully saturated rings. The minimum atomic E-state index is -0.557. The molecule has 0 aliphatic carbocycles. The smallest absolute Gasteiger partial charge is 0.312 e. The zero-order valence-electron chi connectivity index (χ0n) is 13.0. The summed E-state index contributed by atoms with van der Waals surface area (Å²) in [5.74, 6) is -0.425. The second-order valence-electron chi connectivity index (χ2n) is 4.67. The Kier molecular flexibility index (Phi) is 5.95. The van der Waals surface area contributed by atoms with E-state index in [1.807, 2.05) is 18.2 Å². The lowest BCUT2D eigenvalue weighted by atomic mass is 10.1. The van der Waals surface area contributed by atoms with Crippen molar-refractivity contribution in [3.63, 3.8) is 0 Å². The lowest BCUT2D eigenvalue weighted by Crippen LogP contribution is -2.14. The molecule has 0 saturated heterocycles. The SMILES string of the molecule is CCOC(=O)C/C(=N\Nc1ccncc1[N+](=O)[O-])c1ccccc1. The third-order valence-electron chi connectivity index (χ3n) is 3.03. The highest BCUT2D eigenvalue weighted by atomic mass is 16.6. The number of nitro groups is 1. The number of rotatable bonds is 7. The average Bonchev–Trinajstić information content (AvgIpc) is 2.59. The third kappa shape index (κ3) is 4.60. The van der Waals surface area contributed by atoms with Gasteiger partial charge in [-0.3, -0.25) is 25.3 Å². The van der Waals surface area contributed by atoms with Crippen LogP contribution in [0.4, 0.5) is 11.4 Å². The molecule has 8 nitrogen and oxygen atoms in total. The largest absolute Gasteiger partial charge is 0.466 e. The molecule has 2 rings (SSSR count). The van der Waals surface area contributed by atoms with Gasteiger partial charge in [-0.2, -0.15) is 5.10 Å². The maximum atomic E-state index is 11.8. The van der Waals surface area contributed by atoms with Crippen molar-refractivity contribution in [1.82, 2.24) is 4.98 Å². The summed E-state index contributed by atoms with van der Waals surface area (Å²) in [7, 11) is 0. The minimum Gasteiger partial charge on any atom is -0.466 e. The lowest BCUT2D eigenvalue weighted by Gasteiger charge is -2.08. The van der Waals surface area contributed by atoms with Crippen LogP contribution in [0.2, 0.25) is 0 Å². The molecule has 0 aliphatic rings. The number of carbonyl (C=O) groups excluding carboxylic acids is 1. The van der Waals surface area contributed by atoms with Gasteiger partial charge in [-0.05, 0) is 18.6 Å². The van der Waals surface area contributed by atoms with Gasteiger partial charge in [0.25, 0.3) is 0 Å². The number of hydrazone groups is 1. The van der Waals surface area contributed by atoms with Crippen molar-refractivity contribution >= 4 is 23.1 Å². The van der Waals surface area contributed by atoms with E-state index in [2.05, 4.69) is 15.5 Å². The Morgan fingerprint density at radius 2 is 2.08 bits per heavy atom. The van der Waals surface area contributed by atoms with Crippen LogP contribution >= 0.6 is 0 Å². The van der Waals surface area contributed by atoms with E-state index in [9.17, 15) is 14.9 Å². The van der Waals surface area contributed by atoms with E-state index in [1.54, 1.807) is 19.1 Å². The van der Waals surface area contributed by atoms with Crippen molar-refractivity contribution in [3.8, 4) is 0 Å². The molecule has 2 aromatic rings. The molecule has 0 atom stereocenters. The molecule has 0 amide bonds. The van der Waals surface area contributed by atoms with Gasteiger partial charge in [0, 0.05) is 6.20 Å². The van der Waals surface area contributed by atoms with Crippen LogP contribution in [-0.2, 0) is 9.53 Å². The molecule has 124 valence electrons. The van der Waals surface area contributed by atoms with Crippen molar-refractivity contribution in [1.29, 1.82) is 0 Å². The van der Waals surface area contributed by atoms with Crippen LogP contribution in [0.1, 0.15) is 18.9 Å². The highest BCUT2D eigenvalue weighted by Gasteiger charge is 2.15. The fourth-order valence-electron chi connectivity index (χ4n) is 1.94. The molecule has 1 heterocycles. The number of pyridine rings is 1. The summed E-state index contributed by atoms with van der Waals surface area (Å²) in [6, 6.07) is 10.5. The van der Waals surface area contributed by atoms with Crippen molar-refractivity contribution in [3.05, 3.63) is 64.5 Å². The second-order valence-corrected chi connectivity index (χ2v) is 4.67. The van der Waals surface area contributed by atoms with Crippen LogP contribution < -0.4 is 5.43 Å². The van der Waals surface area contributed by atoms with Gasteiger partial charge in [0.1, 0.15) is 11.9 Å². The van der Waals surface area contributed by atoms with Crippen molar-refractivity contribution < 1.29 is 14.5 Å². The number of hydrogen-bond donors (Lipinski definition) is 1. The minimum absolute atomic E-state index is 0.0519. The molecule has 1 aromatic heterocycles. The first kappa shape index (κ1) is 17.1. The molecule has 1 aromatic carbocycles. The Morgan fingerprint density at radius 3 is 2.75 bits per heavy atom. The predicted octanol–water partition coefficient (Wildman–Crippen LogP) is 2.76. The molecular weight excluding hydrogens is 312 g/mol. The Morgan fingerprint density at radius 1 is 1.33 bits per heavy atom. The van der Waals surface area contributed by atoms with Crippen LogP contribution in [-0.4, -0.2) is 28.2 Å². The zero-order valence-corrected chi connectivity index (χ0v) is 13.0.